The van der Waals surface area contributed by atoms with Crippen molar-refractivity contribution in [1.29, 1.82) is 0 Å². The Labute approximate surface area is 104 Å². The molecule has 0 saturated heterocycles. The Balaban J connectivity index is 2.83. The van der Waals surface area contributed by atoms with Crippen LogP contribution < -0.4 is 4.74 Å². The van der Waals surface area contributed by atoms with Crippen molar-refractivity contribution in [3.63, 3.8) is 0 Å². The average molecular weight is 263 g/mol. The van der Waals surface area contributed by atoms with E-state index in [4.69, 9.17) is 16.3 Å². The Bertz CT molecular complexity index is 396. The van der Waals surface area contributed by atoms with Crippen molar-refractivity contribution in [3.05, 3.63) is 29.3 Å². The molecule has 0 heterocycles. The number of hydrogen-bond donors (Lipinski definition) is 0. The van der Waals surface area contributed by atoms with E-state index in [2.05, 4.69) is 0 Å². The fraction of sp³-hybridized carbons (Fsp3) is 0.417. The summed E-state index contributed by atoms with van der Waals surface area (Å²) in [5.74, 6) is -1.92. The smallest absolute Gasteiger partial charge is 0.252 e. The summed E-state index contributed by atoms with van der Waals surface area (Å²) < 4.78 is 31.8. The standard InChI is InChI=1S/C12H13ClF2O2/c1-7(2)3-4-17-11-9(14)5-8(12(13)16)6-10(11)15/h5-7H,3-4H2,1-2H3. The molecule has 0 aromatic heterocycles. The number of carbonyl (C=O) groups excluding carboxylic acids is 1. The Kier molecular flexibility index (Phi) is 4.87. The summed E-state index contributed by atoms with van der Waals surface area (Å²) in [4.78, 5) is 10.8. The lowest BCUT2D eigenvalue weighted by Gasteiger charge is -2.10. The Morgan fingerprint density at radius 1 is 1.35 bits per heavy atom. The maximum Gasteiger partial charge on any atom is 0.252 e. The van der Waals surface area contributed by atoms with Gasteiger partial charge in [-0.3, -0.25) is 4.79 Å². The van der Waals surface area contributed by atoms with Gasteiger partial charge in [-0.2, -0.15) is 0 Å². The van der Waals surface area contributed by atoms with E-state index in [1.165, 1.54) is 0 Å². The fourth-order valence-electron chi connectivity index (χ4n) is 1.21. The lowest BCUT2D eigenvalue weighted by atomic mass is 10.1. The first-order valence-electron chi connectivity index (χ1n) is 5.23. The van der Waals surface area contributed by atoms with Crippen molar-refractivity contribution >= 4 is 16.8 Å². The Morgan fingerprint density at radius 3 is 2.29 bits per heavy atom. The van der Waals surface area contributed by atoms with Gasteiger partial charge in [0.05, 0.1) is 6.61 Å². The summed E-state index contributed by atoms with van der Waals surface area (Å²) in [6, 6.07) is 1.73. The third-order valence-corrected chi connectivity index (χ3v) is 2.39. The van der Waals surface area contributed by atoms with Gasteiger partial charge in [-0.25, -0.2) is 8.78 Å². The van der Waals surface area contributed by atoms with Crippen molar-refractivity contribution in [2.24, 2.45) is 5.92 Å². The zero-order valence-corrected chi connectivity index (χ0v) is 10.4. The molecule has 1 aromatic carbocycles. The molecule has 0 radical (unpaired) electrons. The molecular formula is C12H13ClF2O2. The van der Waals surface area contributed by atoms with Gasteiger partial charge in [0.15, 0.2) is 17.4 Å². The van der Waals surface area contributed by atoms with Gasteiger partial charge in [0.25, 0.3) is 5.24 Å². The third kappa shape index (κ3) is 3.97. The largest absolute Gasteiger partial charge is 0.488 e. The number of rotatable bonds is 5. The summed E-state index contributed by atoms with van der Waals surface area (Å²) in [7, 11) is 0. The maximum absolute atomic E-state index is 13.4. The predicted molar refractivity (Wildman–Crippen MR) is 61.5 cm³/mol. The molecule has 0 bridgehead atoms. The second-order valence-electron chi connectivity index (χ2n) is 4.07. The molecule has 94 valence electrons. The zero-order valence-electron chi connectivity index (χ0n) is 9.60. The highest BCUT2D eigenvalue weighted by Gasteiger charge is 2.15. The number of halogens is 3. The van der Waals surface area contributed by atoms with Crippen LogP contribution in [0.2, 0.25) is 0 Å². The second kappa shape index (κ2) is 5.96. The van der Waals surface area contributed by atoms with Gasteiger partial charge in [-0.1, -0.05) is 13.8 Å². The molecule has 1 aromatic rings. The summed E-state index contributed by atoms with van der Waals surface area (Å²) >= 11 is 5.13. The molecule has 0 atom stereocenters. The molecule has 17 heavy (non-hydrogen) atoms. The van der Waals surface area contributed by atoms with Gasteiger partial charge < -0.3 is 4.74 Å². The minimum absolute atomic E-state index is 0.222. The molecule has 0 fully saturated rings. The highest BCUT2D eigenvalue weighted by Crippen LogP contribution is 2.24. The SMILES string of the molecule is CC(C)CCOc1c(F)cc(C(=O)Cl)cc1F. The summed E-state index contributed by atoms with van der Waals surface area (Å²) in [6.45, 7) is 4.18. The zero-order chi connectivity index (χ0) is 13.0. The monoisotopic (exact) mass is 262 g/mol. The van der Waals surface area contributed by atoms with Gasteiger partial charge in [0.2, 0.25) is 0 Å². The van der Waals surface area contributed by atoms with Crippen molar-refractivity contribution in [2.45, 2.75) is 20.3 Å². The van der Waals surface area contributed by atoms with Crippen molar-refractivity contribution in [3.8, 4) is 5.75 Å². The first kappa shape index (κ1) is 13.9. The van der Waals surface area contributed by atoms with E-state index in [0.29, 0.717) is 12.3 Å². The highest BCUT2D eigenvalue weighted by atomic mass is 35.5. The lowest BCUT2D eigenvalue weighted by molar-refractivity contribution is 0.108. The number of benzene rings is 1. The molecule has 0 amide bonds. The van der Waals surface area contributed by atoms with Crippen LogP contribution in [0.25, 0.3) is 0 Å². The lowest BCUT2D eigenvalue weighted by Crippen LogP contribution is -2.05. The van der Waals surface area contributed by atoms with Crippen LogP contribution in [-0.4, -0.2) is 11.8 Å². The van der Waals surface area contributed by atoms with Crippen molar-refractivity contribution < 1.29 is 18.3 Å². The quantitative estimate of drug-likeness (QED) is 0.755. The minimum Gasteiger partial charge on any atom is -0.488 e. The van der Waals surface area contributed by atoms with Gasteiger partial charge >= 0.3 is 0 Å². The van der Waals surface area contributed by atoms with Crippen LogP contribution in [0.4, 0.5) is 8.78 Å². The first-order chi connectivity index (χ1) is 7.91. The van der Waals surface area contributed by atoms with Crippen LogP contribution in [0.5, 0.6) is 5.75 Å². The van der Waals surface area contributed by atoms with Gasteiger partial charge in [0.1, 0.15) is 0 Å². The molecule has 0 N–H and O–H groups in total. The molecule has 5 heteroatoms. The molecule has 0 aliphatic heterocycles. The third-order valence-electron chi connectivity index (χ3n) is 2.17. The Hall–Kier alpha value is -1.16. The second-order valence-corrected chi connectivity index (χ2v) is 4.42. The van der Waals surface area contributed by atoms with Gasteiger partial charge in [-0.05, 0) is 36.1 Å². The van der Waals surface area contributed by atoms with E-state index >= 15 is 0 Å². The van der Waals surface area contributed by atoms with Crippen LogP contribution in [-0.2, 0) is 0 Å². The van der Waals surface area contributed by atoms with Crippen molar-refractivity contribution in [2.75, 3.05) is 6.61 Å². The summed E-state index contributed by atoms with van der Waals surface area (Å²) in [5, 5.41) is -0.906. The number of ether oxygens (including phenoxy) is 1. The van der Waals surface area contributed by atoms with E-state index in [1.54, 1.807) is 0 Å². The van der Waals surface area contributed by atoms with E-state index in [1.807, 2.05) is 13.8 Å². The molecule has 1 rings (SSSR count). The van der Waals surface area contributed by atoms with E-state index in [0.717, 1.165) is 12.1 Å². The maximum atomic E-state index is 13.4. The summed E-state index contributed by atoms with van der Waals surface area (Å²) in [5.41, 5.74) is -0.224. The molecular weight excluding hydrogens is 250 g/mol. The normalized spacial score (nSPS) is 10.7. The Morgan fingerprint density at radius 2 is 1.88 bits per heavy atom. The van der Waals surface area contributed by atoms with Gasteiger partial charge in [-0.15, -0.1) is 0 Å². The predicted octanol–water partition coefficient (Wildman–Crippen LogP) is 3.77. The molecule has 0 unspecified atom stereocenters. The van der Waals surface area contributed by atoms with E-state index in [9.17, 15) is 13.6 Å². The number of hydrogen-bond acceptors (Lipinski definition) is 2. The van der Waals surface area contributed by atoms with Crippen LogP contribution >= 0.6 is 11.6 Å². The fourth-order valence-corrected chi connectivity index (χ4v) is 1.32. The highest BCUT2D eigenvalue weighted by molar-refractivity contribution is 6.67. The first-order valence-corrected chi connectivity index (χ1v) is 5.61. The minimum atomic E-state index is -0.919. The average Bonchev–Trinajstić information content (AvgIpc) is 2.21. The van der Waals surface area contributed by atoms with Crippen LogP contribution in [0.15, 0.2) is 12.1 Å². The topological polar surface area (TPSA) is 26.3 Å². The van der Waals surface area contributed by atoms with Crippen LogP contribution in [0.3, 0.4) is 0 Å². The summed E-state index contributed by atoms with van der Waals surface area (Å²) in [6.07, 6.45) is 0.690. The number of carbonyl (C=O) groups is 1. The molecule has 0 aliphatic carbocycles. The van der Waals surface area contributed by atoms with Crippen LogP contribution in [0, 0.1) is 17.6 Å². The molecule has 0 saturated carbocycles. The van der Waals surface area contributed by atoms with E-state index in [-0.39, 0.29) is 12.2 Å². The molecule has 0 spiro atoms. The molecule has 2 nitrogen and oxygen atoms in total. The van der Waals surface area contributed by atoms with E-state index < -0.39 is 22.6 Å². The molecule has 0 aliphatic rings. The van der Waals surface area contributed by atoms with Gasteiger partial charge in [0, 0.05) is 5.56 Å². The van der Waals surface area contributed by atoms with Crippen LogP contribution in [0.1, 0.15) is 30.6 Å². The van der Waals surface area contributed by atoms with Crippen molar-refractivity contribution in [1.82, 2.24) is 0 Å².